The fourth-order valence-electron chi connectivity index (χ4n) is 7.10. The van der Waals surface area contributed by atoms with Crippen LogP contribution in [0.15, 0.2) is 176 Å². The van der Waals surface area contributed by atoms with Crippen molar-refractivity contribution in [2.75, 3.05) is 0 Å². The number of rotatable bonds is 6. The fourth-order valence-corrected chi connectivity index (χ4v) is 8.09. The third kappa shape index (κ3) is 5.16. The maximum atomic E-state index is 5.20. The monoisotopic (exact) mass is 683 g/mol. The molecule has 0 aliphatic rings. The second kappa shape index (κ2) is 12.5. The molecule has 0 saturated carbocycles. The second-order valence-electron chi connectivity index (χ2n) is 12.7. The zero-order valence-corrected chi connectivity index (χ0v) is 28.7. The molecule has 0 unspecified atom stereocenters. The van der Waals surface area contributed by atoms with Crippen LogP contribution in [0.3, 0.4) is 0 Å². The predicted molar refractivity (Wildman–Crippen MR) is 215 cm³/mol. The van der Waals surface area contributed by atoms with Gasteiger partial charge in [0.1, 0.15) is 5.01 Å². The van der Waals surface area contributed by atoms with Crippen molar-refractivity contribution in [2.45, 2.75) is 0 Å². The van der Waals surface area contributed by atoms with Crippen LogP contribution in [-0.2, 0) is 0 Å². The molecule has 10 aromatic rings. The van der Waals surface area contributed by atoms with Gasteiger partial charge in [0.25, 0.3) is 0 Å². The third-order valence-corrected chi connectivity index (χ3v) is 10.6. The van der Waals surface area contributed by atoms with Gasteiger partial charge in [-0.15, -0.1) is 11.3 Å². The van der Waals surface area contributed by atoms with Gasteiger partial charge in [-0.1, -0.05) is 133 Å². The molecule has 3 heterocycles. The predicted octanol–water partition coefficient (Wildman–Crippen LogP) is 11.9. The topological polar surface area (TPSA) is 56.5 Å². The van der Waals surface area contributed by atoms with Crippen LogP contribution in [0.4, 0.5) is 0 Å². The molecule has 0 saturated heterocycles. The average molecular weight is 684 g/mol. The van der Waals surface area contributed by atoms with Crippen molar-refractivity contribution in [1.82, 2.24) is 24.5 Å². The van der Waals surface area contributed by atoms with E-state index in [9.17, 15) is 0 Å². The number of benzene rings is 7. The van der Waals surface area contributed by atoms with E-state index in [-0.39, 0.29) is 0 Å². The first-order chi connectivity index (χ1) is 25.8. The summed E-state index contributed by atoms with van der Waals surface area (Å²) in [5.41, 5.74) is 10.5. The van der Waals surface area contributed by atoms with Crippen molar-refractivity contribution in [1.29, 1.82) is 0 Å². The van der Waals surface area contributed by atoms with Crippen molar-refractivity contribution < 1.29 is 0 Å². The molecule has 0 bridgehead atoms. The maximum Gasteiger partial charge on any atom is 0.164 e. The summed E-state index contributed by atoms with van der Waals surface area (Å²) in [6.07, 6.45) is 0. The summed E-state index contributed by atoms with van der Waals surface area (Å²) in [7, 11) is 0. The van der Waals surface area contributed by atoms with Gasteiger partial charge in [0.2, 0.25) is 0 Å². The van der Waals surface area contributed by atoms with Gasteiger partial charge in [0, 0.05) is 33.0 Å². The number of fused-ring (bicyclic) bond motifs is 4. The van der Waals surface area contributed by atoms with Gasteiger partial charge in [-0.3, -0.25) is 0 Å². The SMILES string of the molecule is c1ccc(-c2nc(-c3ccccc3)nc(-c3ccc(-n4c5ccccc5c5c(-c6ccccc6)cccc54)c(-c4nc5ccccc5s4)c3)n2)cc1. The van der Waals surface area contributed by atoms with Crippen molar-refractivity contribution >= 4 is 43.4 Å². The molecule has 0 atom stereocenters. The van der Waals surface area contributed by atoms with E-state index >= 15 is 0 Å². The van der Waals surface area contributed by atoms with Gasteiger partial charge in [0.15, 0.2) is 17.5 Å². The Balaban J connectivity index is 1.25. The number of aromatic nitrogens is 5. The maximum absolute atomic E-state index is 5.20. The van der Waals surface area contributed by atoms with Crippen LogP contribution >= 0.6 is 11.3 Å². The summed E-state index contributed by atoms with van der Waals surface area (Å²) in [4.78, 5) is 20.3. The smallest absolute Gasteiger partial charge is 0.164 e. The Morgan fingerprint density at radius 3 is 1.67 bits per heavy atom. The first-order valence-corrected chi connectivity index (χ1v) is 18.1. The lowest BCUT2D eigenvalue weighted by Crippen LogP contribution is -2.02. The zero-order chi connectivity index (χ0) is 34.4. The quantitative estimate of drug-likeness (QED) is 0.175. The molecular formula is C46H29N5S. The van der Waals surface area contributed by atoms with Crippen molar-refractivity contribution in [3.05, 3.63) is 176 Å². The molecule has 7 aromatic carbocycles. The van der Waals surface area contributed by atoms with Gasteiger partial charge in [-0.05, 0) is 53.6 Å². The Labute approximate surface area is 304 Å². The Kier molecular flexibility index (Phi) is 7.25. The van der Waals surface area contributed by atoms with Crippen LogP contribution in [0.5, 0.6) is 0 Å². The molecule has 0 aliphatic carbocycles. The largest absolute Gasteiger partial charge is 0.309 e. The summed E-state index contributed by atoms with van der Waals surface area (Å²) in [5, 5.41) is 3.36. The number of hydrogen-bond acceptors (Lipinski definition) is 5. The molecule has 0 amide bonds. The van der Waals surface area contributed by atoms with Crippen molar-refractivity contribution in [3.8, 4) is 61.5 Å². The van der Waals surface area contributed by atoms with Crippen LogP contribution in [0, 0.1) is 0 Å². The molecule has 52 heavy (non-hydrogen) atoms. The van der Waals surface area contributed by atoms with Crippen LogP contribution < -0.4 is 0 Å². The molecule has 3 aromatic heterocycles. The molecule has 0 spiro atoms. The van der Waals surface area contributed by atoms with Crippen LogP contribution in [0.2, 0.25) is 0 Å². The second-order valence-corrected chi connectivity index (χ2v) is 13.7. The average Bonchev–Trinajstić information content (AvgIpc) is 3.81. The summed E-state index contributed by atoms with van der Waals surface area (Å²) in [6, 6.07) is 61.0. The summed E-state index contributed by atoms with van der Waals surface area (Å²) >= 11 is 1.70. The Bertz CT molecular complexity index is 2810. The van der Waals surface area contributed by atoms with E-state index in [4.69, 9.17) is 19.9 Å². The lowest BCUT2D eigenvalue weighted by Gasteiger charge is -2.15. The van der Waals surface area contributed by atoms with Crippen LogP contribution in [0.1, 0.15) is 0 Å². The van der Waals surface area contributed by atoms with E-state index in [0.29, 0.717) is 17.5 Å². The number of hydrogen-bond donors (Lipinski definition) is 0. The Hall–Kier alpha value is -6.76. The minimum absolute atomic E-state index is 0.607. The first-order valence-electron chi connectivity index (χ1n) is 17.2. The highest BCUT2D eigenvalue weighted by molar-refractivity contribution is 7.21. The Morgan fingerprint density at radius 1 is 0.404 bits per heavy atom. The normalized spacial score (nSPS) is 11.5. The fraction of sp³-hybridized carbons (Fsp3) is 0. The van der Waals surface area contributed by atoms with Gasteiger partial charge in [0.05, 0.1) is 26.9 Å². The molecule has 244 valence electrons. The number of thiazole rings is 1. The minimum Gasteiger partial charge on any atom is -0.309 e. The van der Waals surface area contributed by atoms with E-state index in [1.54, 1.807) is 11.3 Å². The molecule has 0 N–H and O–H groups in total. The van der Waals surface area contributed by atoms with Gasteiger partial charge in [-0.25, -0.2) is 19.9 Å². The highest BCUT2D eigenvalue weighted by Gasteiger charge is 2.21. The number of para-hydroxylation sites is 2. The molecule has 0 aliphatic heterocycles. The summed E-state index contributed by atoms with van der Waals surface area (Å²) in [5.74, 6) is 1.87. The zero-order valence-electron chi connectivity index (χ0n) is 27.9. The van der Waals surface area contributed by atoms with Crippen molar-refractivity contribution in [2.24, 2.45) is 0 Å². The molecular weight excluding hydrogens is 655 g/mol. The molecule has 10 rings (SSSR count). The standard InChI is InChI=1S/C46H29N5S/c1-4-15-30(16-5-1)34-22-14-25-40-42(34)35-21-10-12-24-38(35)51(40)39-28-27-33(29-36(39)46-47-37-23-11-13-26-41(37)52-46)45-49-43(31-17-6-2-7-18-31)48-44(50-45)32-19-8-3-9-20-32/h1-29H. The highest BCUT2D eigenvalue weighted by atomic mass is 32.1. The third-order valence-electron chi connectivity index (χ3n) is 9.50. The van der Waals surface area contributed by atoms with Crippen molar-refractivity contribution in [3.63, 3.8) is 0 Å². The first kappa shape index (κ1) is 30.1. The molecule has 0 radical (unpaired) electrons. The molecule has 6 heteroatoms. The minimum atomic E-state index is 0.607. The van der Waals surface area contributed by atoms with Gasteiger partial charge in [-0.2, -0.15) is 0 Å². The highest BCUT2D eigenvalue weighted by Crippen LogP contribution is 2.42. The van der Waals surface area contributed by atoms with E-state index in [1.165, 1.54) is 21.9 Å². The lowest BCUT2D eigenvalue weighted by atomic mass is 9.99. The van der Waals surface area contributed by atoms with Gasteiger partial charge >= 0.3 is 0 Å². The summed E-state index contributed by atoms with van der Waals surface area (Å²) in [6.45, 7) is 0. The van der Waals surface area contributed by atoms with Crippen LogP contribution in [0.25, 0.3) is 93.6 Å². The van der Waals surface area contributed by atoms with E-state index in [2.05, 4.69) is 114 Å². The Morgan fingerprint density at radius 2 is 0.981 bits per heavy atom. The van der Waals surface area contributed by atoms with Gasteiger partial charge < -0.3 is 4.57 Å². The van der Waals surface area contributed by atoms with E-state index in [0.717, 1.165) is 54.2 Å². The lowest BCUT2D eigenvalue weighted by molar-refractivity contribution is 1.07. The molecule has 5 nitrogen and oxygen atoms in total. The summed E-state index contributed by atoms with van der Waals surface area (Å²) < 4.78 is 3.53. The number of nitrogens with zero attached hydrogens (tertiary/aromatic N) is 5. The molecule has 0 fully saturated rings. The van der Waals surface area contributed by atoms with E-state index in [1.807, 2.05) is 66.7 Å². The van der Waals surface area contributed by atoms with Crippen LogP contribution in [-0.4, -0.2) is 24.5 Å². The van der Waals surface area contributed by atoms with E-state index < -0.39 is 0 Å².